The van der Waals surface area contributed by atoms with Crippen LogP contribution in [0.4, 0.5) is 5.82 Å². The zero-order valence-electron chi connectivity index (χ0n) is 14.6. The van der Waals surface area contributed by atoms with Gasteiger partial charge in [0.1, 0.15) is 30.1 Å². The summed E-state index contributed by atoms with van der Waals surface area (Å²) in [6.45, 7) is 0. The number of nitrogen functional groups attached to an aromatic ring is 1. The van der Waals surface area contributed by atoms with Crippen LogP contribution in [-0.2, 0) is 20.4 Å². The Morgan fingerprint density at radius 2 is 2.26 bits per heavy atom. The first-order valence-corrected chi connectivity index (χ1v) is 10.2. The topological polar surface area (TPSA) is 185 Å². The van der Waals surface area contributed by atoms with Crippen molar-refractivity contribution in [2.45, 2.75) is 42.8 Å². The van der Waals surface area contributed by atoms with Gasteiger partial charge in [0.05, 0.1) is 18.4 Å². The fourth-order valence-electron chi connectivity index (χ4n) is 2.97. The van der Waals surface area contributed by atoms with Crippen molar-refractivity contribution >= 4 is 33.8 Å². The molecule has 6 atom stereocenters. The van der Waals surface area contributed by atoms with Crippen LogP contribution >= 0.6 is 0 Å². The van der Waals surface area contributed by atoms with Gasteiger partial charge in [-0.15, -0.1) is 0 Å². The van der Waals surface area contributed by atoms with Crippen molar-refractivity contribution in [2.75, 3.05) is 17.7 Å². The highest BCUT2D eigenvalue weighted by atomic mass is 32.2. The molecule has 1 aliphatic heterocycles. The smallest absolute Gasteiger partial charge is 0.244 e. The molecule has 12 heteroatoms. The predicted molar refractivity (Wildman–Crippen MR) is 96.0 cm³/mol. The minimum atomic E-state index is -1.33. The summed E-state index contributed by atoms with van der Waals surface area (Å²) in [6.07, 6.45) is 2.73. The van der Waals surface area contributed by atoms with Gasteiger partial charge in [0, 0.05) is 29.8 Å². The number of hydrogen-bond acceptors (Lipinski definition) is 10. The van der Waals surface area contributed by atoms with E-state index in [0.29, 0.717) is 16.9 Å². The second kappa shape index (κ2) is 7.94. The number of rotatable bonds is 7. The molecule has 6 N–H and O–H groups in total. The molecule has 0 radical (unpaired) electrons. The Bertz CT molecular complexity index is 819. The Morgan fingerprint density at radius 1 is 1.52 bits per heavy atom. The second-order valence-electron chi connectivity index (χ2n) is 6.44. The SMILES string of the molecule is C[S+](CCC(N)C(=O)[O-])C(O)C1OC(n2cnc3c(N)ncnc32)CC1O. The minimum Gasteiger partial charge on any atom is -0.548 e. The Balaban J connectivity index is 1.68. The molecule has 3 heterocycles. The van der Waals surface area contributed by atoms with Crippen molar-refractivity contribution in [3.05, 3.63) is 12.7 Å². The largest absolute Gasteiger partial charge is 0.548 e. The van der Waals surface area contributed by atoms with Crippen LogP contribution in [0.2, 0.25) is 0 Å². The van der Waals surface area contributed by atoms with Gasteiger partial charge in [-0.25, -0.2) is 15.0 Å². The molecular weight excluding hydrogens is 376 g/mol. The van der Waals surface area contributed by atoms with Gasteiger partial charge in [-0.3, -0.25) is 4.57 Å². The highest BCUT2D eigenvalue weighted by molar-refractivity contribution is 7.96. The van der Waals surface area contributed by atoms with E-state index in [-0.39, 0.29) is 18.7 Å². The number of carboxylic acids is 1. The molecule has 1 fully saturated rings. The summed E-state index contributed by atoms with van der Waals surface area (Å²) in [4.78, 5) is 22.9. The number of aliphatic hydroxyl groups excluding tert-OH is 2. The normalized spacial score (nSPS) is 26.1. The summed E-state index contributed by atoms with van der Waals surface area (Å²) in [6, 6.07) is -1.09. The van der Waals surface area contributed by atoms with Gasteiger partial charge in [0.2, 0.25) is 5.44 Å². The van der Waals surface area contributed by atoms with Crippen molar-refractivity contribution in [3.8, 4) is 0 Å². The standard InChI is InChI=1S/C15H22N6O5S/c1-27(3-2-7(16)14(23)24)15(25)11-8(22)4-9(26-11)21-6-20-10-12(17)18-5-19-13(10)21/h5-9,11,15,22,25H,2-4,16H2,1H3,(H2-,17,18,19,23,24). The molecule has 0 aromatic carbocycles. The van der Waals surface area contributed by atoms with Gasteiger partial charge in [-0.05, 0) is 0 Å². The number of ether oxygens (including phenoxy) is 1. The number of aliphatic carboxylic acids is 1. The molecule has 27 heavy (non-hydrogen) atoms. The Kier molecular flexibility index (Phi) is 5.81. The number of nitrogens with zero attached hydrogens (tertiary/aromatic N) is 4. The third kappa shape index (κ3) is 3.99. The minimum absolute atomic E-state index is 0.174. The van der Waals surface area contributed by atoms with Gasteiger partial charge < -0.3 is 36.3 Å². The number of nitrogens with two attached hydrogens (primary N) is 2. The maximum atomic E-state index is 10.7. The fourth-order valence-corrected chi connectivity index (χ4v) is 4.54. The van der Waals surface area contributed by atoms with E-state index in [1.807, 2.05) is 0 Å². The fraction of sp³-hybridized carbons (Fsp3) is 0.600. The number of hydrogen-bond donors (Lipinski definition) is 4. The first-order chi connectivity index (χ1) is 12.8. The van der Waals surface area contributed by atoms with E-state index in [1.165, 1.54) is 12.7 Å². The highest BCUT2D eigenvalue weighted by Gasteiger charge is 2.45. The van der Waals surface area contributed by atoms with Crippen LogP contribution in [0.3, 0.4) is 0 Å². The van der Waals surface area contributed by atoms with Gasteiger partial charge in [-0.2, -0.15) is 0 Å². The van der Waals surface area contributed by atoms with Crippen molar-refractivity contribution in [2.24, 2.45) is 5.73 Å². The molecule has 6 unspecified atom stereocenters. The summed E-state index contributed by atoms with van der Waals surface area (Å²) in [7, 11) is -0.626. The third-order valence-electron chi connectivity index (χ3n) is 4.58. The molecule has 0 spiro atoms. The molecular formula is C15H22N6O5S. The number of aliphatic hydroxyl groups is 2. The van der Waals surface area contributed by atoms with Crippen LogP contribution in [-0.4, -0.2) is 71.4 Å². The number of carbonyl (C=O) groups is 1. The highest BCUT2D eigenvalue weighted by Crippen LogP contribution is 2.34. The quantitative estimate of drug-likeness (QED) is 0.352. The summed E-state index contributed by atoms with van der Waals surface area (Å²) < 4.78 is 7.51. The number of carbonyl (C=O) groups excluding carboxylic acids is 1. The van der Waals surface area contributed by atoms with Crippen LogP contribution in [0, 0.1) is 0 Å². The second-order valence-corrected chi connectivity index (χ2v) is 8.71. The Morgan fingerprint density at radius 3 is 2.96 bits per heavy atom. The van der Waals surface area contributed by atoms with E-state index < -0.39 is 46.8 Å². The monoisotopic (exact) mass is 398 g/mol. The van der Waals surface area contributed by atoms with Gasteiger partial charge in [-0.1, -0.05) is 0 Å². The summed E-state index contributed by atoms with van der Waals surface area (Å²) in [5.74, 6) is -0.703. The van der Waals surface area contributed by atoms with E-state index in [0.717, 1.165) is 0 Å². The zero-order chi connectivity index (χ0) is 19.7. The Hall–Kier alpha value is -1.99. The lowest BCUT2D eigenvalue weighted by Gasteiger charge is -2.21. The number of imidazole rings is 1. The van der Waals surface area contributed by atoms with E-state index in [4.69, 9.17) is 16.2 Å². The van der Waals surface area contributed by atoms with Crippen LogP contribution in [0.5, 0.6) is 0 Å². The maximum absolute atomic E-state index is 10.7. The summed E-state index contributed by atoms with van der Waals surface area (Å²) in [5, 5.41) is 31.6. The van der Waals surface area contributed by atoms with Crippen LogP contribution < -0.4 is 16.6 Å². The van der Waals surface area contributed by atoms with Crippen LogP contribution in [0.15, 0.2) is 12.7 Å². The van der Waals surface area contributed by atoms with E-state index in [9.17, 15) is 20.1 Å². The zero-order valence-corrected chi connectivity index (χ0v) is 15.5. The molecule has 0 bridgehead atoms. The number of carboxylic acid groups (broad SMARTS) is 1. The molecule has 2 aromatic heterocycles. The summed E-state index contributed by atoms with van der Waals surface area (Å²) in [5.41, 5.74) is 11.2. The van der Waals surface area contributed by atoms with Gasteiger partial charge in [0.15, 0.2) is 17.6 Å². The molecule has 0 amide bonds. The molecule has 11 nitrogen and oxygen atoms in total. The molecule has 1 saturated heterocycles. The van der Waals surface area contributed by atoms with Crippen molar-refractivity contribution in [1.29, 1.82) is 0 Å². The first kappa shape index (κ1) is 19.8. The molecule has 2 aromatic rings. The third-order valence-corrected chi connectivity index (χ3v) is 6.55. The average molecular weight is 398 g/mol. The van der Waals surface area contributed by atoms with Crippen molar-refractivity contribution in [1.82, 2.24) is 19.5 Å². The Labute approximate surface area is 157 Å². The lowest BCUT2D eigenvalue weighted by atomic mass is 10.2. The molecule has 1 aliphatic rings. The van der Waals surface area contributed by atoms with E-state index in [1.54, 1.807) is 10.8 Å². The lowest BCUT2D eigenvalue weighted by molar-refractivity contribution is -0.307. The van der Waals surface area contributed by atoms with Crippen LogP contribution in [0.25, 0.3) is 11.2 Å². The lowest BCUT2D eigenvalue weighted by Crippen LogP contribution is -2.45. The maximum Gasteiger partial charge on any atom is 0.244 e. The van der Waals surface area contributed by atoms with Crippen LogP contribution in [0.1, 0.15) is 19.1 Å². The summed E-state index contributed by atoms with van der Waals surface area (Å²) >= 11 is 0. The molecule has 3 rings (SSSR count). The molecule has 0 aliphatic carbocycles. The number of fused-ring (bicyclic) bond motifs is 1. The van der Waals surface area contributed by atoms with E-state index >= 15 is 0 Å². The molecule has 0 saturated carbocycles. The van der Waals surface area contributed by atoms with Crippen molar-refractivity contribution < 1.29 is 24.9 Å². The number of aromatic nitrogens is 4. The number of anilines is 1. The molecule has 148 valence electrons. The van der Waals surface area contributed by atoms with Gasteiger partial charge >= 0.3 is 0 Å². The van der Waals surface area contributed by atoms with Crippen molar-refractivity contribution in [3.63, 3.8) is 0 Å². The average Bonchev–Trinajstić information content (AvgIpc) is 3.22. The van der Waals surface area contributed by atoms with E-state index in [2.05, 4.69) is 15.0 Å². The predicted octanol–water partition coefficient (Wildman–Crippen LogP) is -2.91. The van der Waals surface area contributed by atoms with Gasteiger partial charge in [0.25, 0.3) is 0 Å². The first-order valence-electron chi connectivity index (χ1n) is 8.32.